The molecule has 0 aliphatic rings. The molecule has 1 N–H and O–H groups in total. The van der Waals surface area contributed by atoms with Crippen molar-refractivity contribution >= 4 is 33.2 Å². The number of hydrogen-bond donors (Lipinski definition) is 1. The number of para-hydroxylation sites is 2. The molecule has 0 saturated carbocycles. The Morgan fingerprint density at radius 2 is 1.95 bits per heavy atom. The first-order chi connectivity index (χ1) is 9.11. The van der Waals surface area contributed by atoms with Gasteiger partial charge in [0.25, 0.3) is 0 Å². The van der Waals surface area contributed by atoms with Gasteiger partial charge in [-0.1, -0.05) is 45.7 Å². The molecule has 0 fully saturated rings. The molecule has 0 heterocycles. The predicted octanol–water partition coefficient (Wildman–Crippen LogP) is 5.28. The van der Waals surface area contributed by atoms with Gasteiger partial charge < -0.3 is 10.1 Å². The predicted molar refractivity (Wildman–Crippen MR) is 84.2 cm³/mol. The zero-order valence-electron chi connectivity index (χ0n) is 10.8. The minimum Gasteiger partial charge on any atom is -0.495 e. The molecule has 0 saturated heterocycles. The van der Waals surface area contributed by atoms with Crippen molar-refractivity contribution in [3.8, 4) is 5.75 Å². The molecule has 2 rings (SSSR count). The Kier molecular flexibility index (Phi) is 4.72. The van der Waals surface area contributed by atoms with Crippen LogP contribution in [0.5, 0.6) is 5.75 Å². The zero-order chi connectivity index (χ0) is 13.8. The Morgan fingerprint density at radius 3 is 2.63 bits per heavy atom. The van der Waals surface area contributed by atoms with Gasteiger partial charge in [0.2, 0.25) is 0 Å². The third kappa shape index (κ3) is 3.43. The molecule has 0 aromatic heterocycles. The minimum atomic E-state index is 0.0944. The van der Waals surface area contributed by atoms with Gasteiger partial charge in [0.1, 0.15) is 5.75 Å². The van der Waals surface area contributed by atoms with Crippen molar-refractivity contribution in [2.24, 2.45) is 0 Å². The molecule has 1 unspecified atom stereocenters. The highest BCUT2D eigenvalue weighted by atomic mass is 79.9. The van der Waals surface area contributed by atoms with Gasteiger partial charge in [-0.25, -0.2) is 0 Å². The van der Waals surface area contributed by atoms with Crippen LogP contribution in [0.4, 0.5) is 5.69 Å². The van der Waals surface area contributed by atoms with Gasteiger partial charge in [0, 0.05) is 9.50 Å². The average Bonchev–Trinajstić information content (AvgIpc) is 2.39. The fourth-order valence-corrected chi connectivity index (χ4v) is 2.76. The van der Waals surface area contributed by atoms with Gasteiger partial charge in [-0.05, 0) is 36.8 Å². The number of ether oxygens (including phenoxy) is 1. The number of benzene rings is 2. The molecule has 100 valence electrons. The second kappa shape index (κ2) is 6.31. The summed E-state index contributed by atoms with van der Waals surface area (Å²) in [6, 6.07) is 13.8. The Morgan fingerprint density at radius 1 is 1.21 bits per heavy atom. The van der Waals surface area contributed by atoms with E-state index in [-0.39, 0.29) is 6.04 Å². The number of nitrogens with one attached hydrogen (secondary N) is 1. The van der Waals surface area contributed by atoms with Crippen LogP contribution in [0.1, 0.15) is 18.5 Å². The lowest BCUT2D eigenvalue weighted by Crippen LogP contribution is -2.08. The van der Waals surface area contributed by atoms with Crippen molar-refractivity contribution in [3.05, 3.63) is 57.5 Å². The number of halogens is 2. The Hall–Kier alpha value is -1.19. The van der Waals surface area contributed by atoms with E-state index in [4.69, 9.17) is 16.3 Å². The molecule has 2 aromatic rings. The van der Waals surface area contributed by atoms with Gasteiger partial charge in [-0.2, -0.15) is 0 Å². The Bertz CT molecular complexity index is 574. The Labute approximate surface area is 126 Å². The molecular weight excluding hydrogens is 326 g/mol. The van der Waals surface area contributed by atoms with Crippen molar-refractivity contribution in [2.75, 3.05) is 12.4 Å². The van der Waals surface area contributed by atoms with Gasteiger partial charge >= 0.3 is 0 Å². The maximum absolute atomic E-state index is 6.26. The lowest BCUT2D eigenvalue weighted by molar-refractivity contribution is 0.416. The van der Waals surface area contributed by atoms with E-state index in [2.05, 4.69) is 28.2 Å². The van der Waals surface area contributed by atoms with Gasteiger partial charge in [-0.3, -0.25) is 0 Å². The molecule has 0 spiro atoms. The molecule has 0 bridgehead atoms. The van der Waals surface area contributed by atoms with E-state index in [1.807, 2.05) is 42.5 Å². The topological polar surface area (TPSA) is 21.3 Å². The van der Waals surface area contributed by atoms with E-state index in [0.717, 1.165) is 26.5 Å². The van der Waals surface area contributed by atoms with Crippen molar-refractivity contribution < 1.29 is 4.74 Å². The fraction of sp³-hybridized carbons (Fsp3) is 0.200. The number of anilines is 1. The maximum atomic E-state index is 6.26. The summed E-state index contributed by atoms with van der Waals surface area (Å²) >= 11 is 9.67. The summed E-state index contributed by atoms with van der Waals surface area (Å²) in [6.07, 6.45) is 0. The summed E-state index contributed by atoms with van der Waals surface area (Å²) in [7, 11) is 1.66. The second-order valence-electron chi connectivity index (χ2n) is 4.23. The SMILES string of the molecule is COc1ccccc1NC(C)c1ccc(Br)cc1Cl. The van der Waals surface area contributed by atoms with E-state index >= 15 is 0 Å². The molecule has 2 aromatic carbocycles. The van der Waals surface area contributed by atoms with Crippen LogP contribution in [0.25, 0.3) is 0 Å². The quantitative estimate of drug-likeness (QED) is 0.817. The summed E-state index contributed by atoms with van der Waals surface area (Å²) in [4.78, 5) is 0. The molecular formula is C15H15BrClNO. The third-order valence-corrected chi connectivity index (χ3v) is 3.73. The molecule has 0 aliphatic heterocycles. The van der Waals surface area contributed by atoms with Crippen LogP contribution in [-0.2, 0) is 0 Å². The summed E-state index contributed by atoms with van der Waals surface area (Å²) in [5, 5.41) is 4.15. The third-order valence-electron chi connectivity index (χ3n) is 2.91. The van der Waals surface area contributed by atoms with Crippen molar-refractivity contribution in [1.82, 2.24) is 0 Å². The summed E-state index contributed by atoms with van der Waals surface area (Å²) in [5.74, 6) is 0.822. The van der Waals surface area contributed by atoms with Crippen LogP contribution < -0.4 is 10.1 Å². The smallest absolute Gasteiger partial charge is 0.141 e. The minimum absolute atomic E-state index is 0.0944. The normalized spacial score (nSPS) is 12.0. The summed E-state index contributed by atoms with van der Waals surface area (Å²) in [6.45, 7) is 2.07. The van der Waals surface area contributed by atoms with Crippen LogP contribution >= 0.6 is 27.5 Å². The molecule has 4 heteroatoms. The van der Waals surface area contributed by atoms with Gasteiger partial charge in [-0.15, -0.1) is 0 Å². The van der Waals surface area contributed by atoms with Crippen molar-refractivity contribution in [2.45, 2.75) is 13.0 Å². The molecule has 0 radical (unpaired) electrons. The highest BCUT2D eigenvalue weighted by Gasteiger charge is 2.11. The van der Waals surface area contributed by atoms with E-state index < -0.39 is 0 Å². The summed E-state index contributed by atoms with van der Waals surface area (Å²) < 4.78 is 6.31. The first-order valence-electron chi connectivity index (χ1n) is 5.96. The van der Waals surface area contributed by atoms with Gasteiger partial charge in [0.15, 0.2) is 0 Å². The zero-order valence-corrected chi connectivity index (χ0v) is 13.1. The van der Waals surface area contributed by atoms with E-state index in [0.29, 0.717) is 0 Å². The highest BCUT2D eigenvalue weighted by molar-refractivity contribution is 9.10. The molecule has 0 aliphatic carbocycles. The van der Waals surface area contributed by atoms with Crippen LogP contribution in [0.2, 0.25) is 5.02 Å². The standard InChI is InChI=1S/C15H15BrClNO/c1-10(12-8-7-11(16)9-13(12)17)18-14-5-3-4-6-15(14)19-2/h3-10,18H,1-2H3. The van der Waals surface area contributed by atoms with E-state index in [1.165, 1.54) is 0 Å². The highest BCUT2D eigenvalue weighted by Crippen LogP contribution is 2.31. The van der Waals surface area contributed by atoms with Crippen LogP contribution in [0.3, 0.4) is 0 Å². The Balaban J connectivity index is 2.23. The summed E-state index contributed by atoms with van der Waals surface area (Å²) in [5.41, 5.74) is 2.01. The number of methoxy groups -OCH3 is 1. The molecule has 1 atom stereocenters. The average molecular weight is 341 g/mol. The fourth-order valence-electron chi connectivity index (χ4n) is 1.93. The van der Waals surface area contributed by atoms with E-state index in [1.54, 1.807) is 7.11 Å². The van der Waals surface area contributed by atoms with Crippen molar-refractivity contribution in [1.29, 1.82) is 0 Å². The molecule has 0 amide bonds. The first kappa shape index (κ1) is 14.2. The lowest BCUT2D eigenvalue weighted by Gasteiger charge is -2.19. The first-order valence-corrected chi connectivity index (χ1v) is 7.13. The number of hydrogen-bond acceptors (Lipinski definition) is 2. The van der Waals surface area contributed by atoms with E-state index in [9.17, 15) is 0 Å². The molecule has 2 nitrogen and oxygen atoms in total. The van der Waals surface area contributed by atoms with Crippen molar-refractivity contribution in [3.63, 3.8) is 0 Å². The van der Waals surface area contributed by atoms with Crippen LogP contribution in [0, 0.1) is 0 Å². The lowest BCUT2D eigenvalue weighted by atomic mass is 10.1. The van der Waals surface area contributed by atoms with Gasteiger partial charge in [0.05, 0.1) is 18.8 Å². The molecule has 19 heavy (non-hydrogen) atoms. The maximum Gasteiger partial charge on any atom is 0.141 e. The second-order valence-corrected chi connectivity index (χ2v) is 5.56. The number of rotatable bonds is 4. The largest absolute Gasteiger partial charge is 0.495 e. The van der Waals surface area contributed by atoms with Crippen LogP contribution in [0.15, 0.2) is 46.9 Å². The van der Waals surface area contributed by atoms with Crippen LogP contribution in [-0.4, -0.2) is 7.11 Å². The monoisotopic (exact) mass is 339 g/mol.